The molecule has 1 saturated heterocycles. The summed E-state index contributed by atoms with van der Waals surface area (Å²) in [5.74, 6) is 1.11. The predicted octanol–water partition coefficient (Wildman–Crippen LogP) is 3.84. The summed E-state index contributed by atoms with van der Waals surface area (Å²) >= 11 is 0. The minimum absolute atomic E-state index is 0.139. The number of hydrogen-bond acceptors (Lipinski definition) is 5. The number of rotatable bonds is 7. The normalized spacial score (nSPS) is 14.8. The summed E-state index contributed by atoms with van der Waals surface area (Å²) < 4.78 is 5.78. The highest BCUT2D eigenvalue weighted by molar-refractivity contribution is 5.89. The summed E-state index contributed by atoms with van der Waals surface area (Å²) in [6.07, 6.45) is 2.35. The van der Waals surface area contributed by atoms with Gasteiger partial charge < -0.3 is 24.8 Å². The Bertz CT molecular complexity index is 901. The summed E-state index contributed by atoms with van der Waals surface area (Å²) in [6.45, 7) is 3.78. The average Bonchev–Trinajstić information content (AvgIpc) is 2.79. The van der Waals surface area contributed by atoms with Crippen molar-refractivity contribution < 1.29 is 9.53 Å². The van der Waals surface area contributed by atoms with Crippen LogP contribution < -0.4 is 10.1 Å². The first-order valence-corrected chi connectivity index (χ1v) is 10.6. The van der Waals surface area contributed by atoms with Gasteiger partial charge in [-0.15, -0.1) is 0 Å². The number of nitriles is 1. The number of nitrogens with zero attached hydrogens (tertiary/aromatic N) is 4. The zero-order valence-electron chi connectivity index (χ0n) is 18.5. The van der Waals surface area contributed by atoms with Gasteiger partial charge in [-0.05, 0) is 76.4 Å². The van der Waals surface area contributed by atoms with E-state index in [0.717, 1.165) is 19.6 Å². The van der Waals surface area contributed by atoms with Crippen LogP contribution in [-0.4, -0.2) is 74.1 Å². The zero-order chi connectivity index (χ0) is 22.2. The molecule has 7 heteroatoms. The van der Waals surface area contributed by atoms with Gasteiger partial charge in [0, 0.05) is 31.9 Å². The van der Waals surface area contributed by atoms with Crippen LogP contribution in [-0.2, 0) is 0 Å². The van der Waals surface area contributed by atoms with Gasteiger partial charge in [-0.2, -0.15) is 5.26 Å². The van der Waals surface area contributed by atoms with Crippen molar-refractivity contribution in [3.8, 4) is 17.6 Å². The number of hydrogen-bond donors (Lipinski definition) is 1. The SMILES string of the molecule is CN1CCC(N(C)CCN(C)C(=O)Nc2ccc(Oc3ccccc3C#N)cc2)CC1. The maximum atomic E-state index is 12.5. The molecular weight excluding hydrogens is 390 g/mol. The van der Waals surface area contributed by atoms with Gasteiger partial charge in [-0.1, -0.05) is 12.1 Å². The van der Waals surface area contributed by atoms with Crippen molar-refractivity contribution in [1.82, 2.24) is 14.7 Å². The van der Waals surface area contributed by atoms with Gasteiger partial charge in [0.1, 0.15) is 17.6 Å². The van der Waals surface area contributed by atoms with Gasteiger partial charge >= 0.3 is 6.03 Å². The number of carbonyl (C=O) groups excluding carboxylic acids is 1. The average molecular weight is 422 g/mol. The number of carbonyl (C=O) groups is 1. The van der Waals surface area contributed by atoms with Crippen LogP contribution >= 0.6 is 0 Å². The minimum atomic E-state index is -0.139. The molecule has 2 aromatic rings. The highest BCUT2D eigenvalue weighted by Crippen LogP contribution is 2.26. The monoisotopic (exact) mass is 421 g/mol. The minimum Gasteiger partial charge on any atom is -0.456 e. The van der Waals surface area contributed by atoms with Crippen molar-refractivity contribution in [1.29, 1.82) is 5.26 Å². The molecule has 2 amide bonds. The number of nitrogens with one attached hydrogen (secondary N) is 1. The summed E-state index contributed by atoms with van der Waals surface area (Å²) in [5.41, 5.74) is 1.17. The topological polar surface area (TPSA) is 71.8 Å². The third-order valence-corrected chi connectivity index (χ3v) is 5.79. The Hall–Kier alpha value is -3.08. The fourth-order valence-electron chi connectivity index (χ4n) is 3.63. The quantitative estimate of drug-likeness (QED) is 0.735. The molecule has 1 heterocycles. The van der Waals surface area contributed by atoms with Gasteiger partial charge in [-0.3, -0.25) is 0 Å². The molecule has 2 aromatic carbocycles. The van der Waals surface area contributed by atoms with Crippen LogP contribution in [0.4, 0.5) is 10.5 Å². The van der Waals surface area contributed by atoms with E-state index in [2.05, 4.69) is 35.3 Å². The number of likely N-dealkylation sites (N-methyl/N-ethyl adjacent to an activating group) is 2. The summed E-state index contributed by atoms with van der Waals surface area (Å²) in [5, 5.41) is 12.1. The zero-order valence-corrected chi connectivity index (χ0v) is 18.5. The van der Waals surface area contributed by atoms with Crippen molar-refractivity contribution in [2.24, 2.45) is 0 Å². The Kier molecular flexibility index (Phi) is 7.88. The van der Waals surface area contributed by atoms with Crippen LogP contribution in [0.25, 0.3) is 0 Å². The smallest absolute Gasteiger partial charge is 0.321 e. The second-order valence-corrected chi connectivity index (χ2v) is 8.10. The van der Waals surface area contributed by atoms with Gasteiger partial charge in [-0.25, -0.2) is 4.79 Å². The number of ether oxygens (including phenoxy) is 1. The fourth-order valence-corrected chi connectivity index (χ4v) is 3.63. The lowest BCUT2D eigenvalue weighted by molar-refractivity contribution is 0.136. The van der Waals surface area contributed by atoms with Crippen LogP contribution in [0.15, 0.2) is 48.5 Å². The Morgan fingerprint density at radius 3 is 2.48 bits per heavy atom. The van der Waals surface area contributed by atoms with E-state index in [1.807, 2.05) is 13.1 Å². The first-order chi connectivity index (χ1) is 15.0. The first-order valence-electron chi connectivity index (χ1n) is 10.6. The third-order valence-electron chi connectivity index (χ3n) is 5.79. The molecule has 31 heavy (non-hydrogen) atoms. The highest BCUT2D eigenvalue weighted by atomic mass is 16.5. The molecular formula is C24H31N5O2. The molecule has 1 aliphatic rings. The molecule has 164 valence electrons. The van der Waals surface area contributed by atoms with Crippen molar-refractivity contribution in [2.45, 2.75) is 18.9 Å². The van der Waals surface area contributed by atoms with Crippen LogP contribution in [0.1, 0.15) is 18.4 Å². The van der Waals surface area contributed by atoms with Crippen molar-refractivity contribution >= 4 is 11.7 Å². The molecule has 0 radical (unpaired) electrons. The van der Waals surface area contributed by atoms with Crippen LogP contribution in [0.5, 0.6) is 11.5 Å². The molecule has 0 spiro atoms. The largest absolute Gasteiger partial charge is 0.456 e. The van der Waals surface area contributed by atoms with E-state index in [1.54, 1.807) is 47.4 Å². The Morgan fingerprint density at radius 2 is 1.81 bits per heavy atom. The van der Waals surface area contributed by atoms with Crippen molar-refractivity contribution in [3.05, 3.63) is 54.1 Å². The molecule has 0 unspecified atom stereocenters. The number of likely N-dealkylation sites (tertiary alicyclic amines) is 1. The molecule has 3 rings (SSSR count). The lowest BCUT2D eigenvalue weighted by Crippen LogP contribution is -2.45. The summed E-state index contributed by atoms with van der Waals surface area (Å²) in [4.78, 5) is 19.0. The van der Waals surface area contributed by atoms with E-state index in [1.165, 1.54) is 12.8 Å². The third kappa shape index (κ3) is 6.45. The highest BCUT2D eigenvalue weighted by Gasteiger charge is 2.21. The predicted molar refractivity (Wildman–Crippen MR) is 122 cm³/mol. The summed E-state index contributed by atoms with van der Waals surface area (Å²) in [6, 6.07) is 16.8. The molecule has 0 atom stereocenters. The van der Waals surface area contributed by atoms with Crippen molar-refractivity contribution in [2.75, 3.05) is 52.6 Å². The molecule has 0 aromatic heterocycles. The van der Waals surface area contributed by atoms with Gasteiger partial charge in [0.15, 0.2) is 0 Å². The van der Waals surface area contributed by atoms with Gasteiger partial charge in [0.05, 0.1) is 5.56 Å². The Morgan fingerprint density at radius 1 is 1.13 bits per heavy atom. The first kappa shape index (κ1) is 22.6. The number of amides is 2. The molecule has 0 saturated carbocycles. The number of urea groups is 1. The van der Waals surface area contributed by atoms with Crippen molar-refractivity contribution in [3.63, 3.8) is 0 Å². The lowest BCUT2D eigenvalue weighted by atomic mass is 10.0. The molecule has 1 N–H and O–H groups in total. The van der Waals surface area contributed by atoms with E-state index in [9.17, 15) is 4.79 Å². The van der Waals surface area contributed by atoms with E-state index in [-0.39, 0.29) is 6.03 Å². The summed E-state index contributed by atoms with van der Waals surface area (Å²) in [7, 11) is 6.12. The van der Waals surface area contributed by atoms with E-state index >= 15 is 0 Å². The molecule has 0 bridgehead atoms. The Labute approximate surface area is 184 Å². The van der Waals surface area contributed by atoms with Gasteiger partial charge in [0.2, 0.25) is 0 Å². The number of para-hydroxylation sites is 1. The standard InChI is InChI=1S/C24H31N5O2/c1-27-14-12-21(13-15-27)28(2)16-17-29(3)24(30)26-20-8-10-22(11-9-20)31-23-7-5-4-6-19(23)18-25/h4-11,21H,12-17H2,1-3H3,(H,26,30). The second-order valence-electron chi connectivity index (χ2n) is 8.10. The number of benzene rings is 2. The Balaban J connectivity index is 1.47. The number of anilines is 1. The van der Waals surface area contributed by atoms with E-state index in [4.69, 9.17) is 10.00 Å². The number of piperidine rings is 1. The molecule has 7 nitrogen and oxygen atoms in total. The molecule has 1 aliphatic heterocycles. The second kappa shape index (κ2) is 10.8. The van der Waals surface area contributed by atoms with Crippen LogP contribution in [0, 0.1) is 11.3 Å². The maximum absolute atomic E-state index is 12.5. The van der Waals surface area contributed by atoms with E-state index < -0.39 is 0 Å². The molecule has 0 aliphatic carbocycles. The molecule has 1 fully saturated rings. The van der Waals surface area contributed by atoms with Gasteiger partial charge in [0.25, 0.3) is 0 Å². The van der Waals surface area contributed by atoms with Crippen LogP contribution in [0.2, 0.25) is 0 Å². The maximum Gasteiger partial charge on any atom is 0.321 e. The lowest BCUT2D eigenvalue weighted by Gasteiger charge is -2.35. The van der Waals surface area contributed by atoms with E-state index in [0.29, 0.717) is 35.3 Å². The fraction of sp³-hybridized carbons (Fsp3) is 0.417. The van der Waals surface area contributed by atoms with Crippen LogP contribution in [0.3, 0.4) is 0 Å².